The van der Waals surface area contributed by atoms with Crippen LogP contribution in [0.3, 0.4) is 0 Å². The molecular weight excluding hydrogens is 250 g/mol. The summed E-state index contributed by atoms with van der Waals surface area (Å²) in [6.07, 6.45) is 6.08. The smallest absolute Gasteiger partial charge is 0.248 e. The van der Waals surface area contributed by atoms with Crippen LogP contribution < -0.4 is 5.32 Å². The quantitative estimate of drug-likeness (QED) is 0.841. The number of amidine groups is 1. The molecule has 4 nitrogen and oxygen atoms in total. The fourth-order valence-electron chi connectivity index (χ4n) is 2.84. The van der Waals surface area contributed by atoms with Crippen LogP contribution in [0, 0.1) is 0 Å². The van der Waals surface area contributed by atoms with Crippen molar-refractivity contribution in [2.24, 2.45) is 4.99 Å². The Hall–Kier alpha value is -2.62. The lowest BCUT2D eigenvalue weighted by Crippen LogP contribution is -2.31. The molecule has 3 aliphatic rings. The molecular formula is C16H13N3O. The topological polar surface area (TPSA) is 44.7 Å². The highest BCUT2D eigenvalue weighted by Gasteiger charge is 2.32. The lowest BCUT2D eigenvalue weighted by molar-refractivity contribution is -0.115. The Labute approximate surface area is 116 Å². The van der Waals surface area contributed by atoms with Gasteiger partial charge in [0.1, 0.15) is 5.84 Å². The number of hydrogen-bond acceptors (Lipinski definition) is 3. The average Bonchev–Trinajstić information content (AvgIpc) is 2.82. The van der Waals surface area contributed by atoms with Crippen molar-refractivity contribution in [3.05, 3.63) is 71.2 Å². The molecule has 20 heavy (non-hydrogen) atoms. The summed E-state index contributed by atoms with van der Waals surface area (Å²) in [4.78, 5) is 18.4. The predicted octanol–water partition coefficient (Wildman–Crippen LogP) is 1.93. The monoisotopic (exact) mass is 263 g/mol. The van der Waals surface area contributed by atoms with Crippen LogP contribution in [0.15, 0.2) is 70.6 Å². The van der Waals surface area contributed by atoms with Crippen LogP contribution >= 0.6 is 0 Å². The lowest BCUT2D eigenvalue weighted by atomic mass is 10.1. The second-order valence-corrected chi connectivity index (χ2v) is 4.95. The van der Waals surface area contributed by atoms with Gasteiger partial charge in [-0.25, -0.2) is 4.99 Å². The molecule has 98 valence electrons. The van der Waals surface area contributed by atoms with Gasteiger partial charge in [0, 0.05) is 42.1 Å². The van der Waals surface area contributed by atoms with Gasteiger partial charge in [-0.3, -0.25) is 4.79 Å². The Morgan fingerprint density at radius 2 is 2.00 bits per heavy atom. The van der Waals surface area contributed by atoms with Crippen LogP contribution in [0.2, 0.25) is 0 Å². The molecule has 1 amide bonds. The van der Waals surface area contributed by atoms with Gasteiger partial charge < -0.3 is 10.2 Å². The van der Waals surface area contributed by atoms with Crippen molar-refractivity contribution in [2.75, 3.05) is 6.54 Å². The second kappa shape index (κ2) is 4.20. The van der Waals surface area contributed by atoms with Gasteiger partial charge in [-0.15, -0.1) is 0 Å². The van der Waals surface area contributed by atoms with E-state index >= 15 is 0 Å². The highest BCUT2D eigenvalue weighted by molar-refractivity contribution is 6.02. The number of carbonyl (C=O) groups excluding carboxylic acids is 1. The van der Waals surface area contributed by atoms with Crippen LogP contribution in [0.1, 0.15) is 12.0 Å². The van der Waals surface area contributed by atoms with E-state index in [4.69, 9.17) is 0 Å². The van der Waals surface area contributed by atoms with E-state index < -0.39 is 0 Å². The average molecular weight is 263 g/mol. The minimum atomic E-state index is -0.0640. The van der Waals surface area contributed by atoms with Crippen molar-refractivity contribution in [3.8, 4) is 0 Å². The summed E-state index contributed by atoms with van der Waals surface area (Å²) in [5.41, 5.74) is 4.17. The third-order valence-electron chi connectivity index (χ3n) is 3.72. The highest BCUT2D eigenvalue weighted by Crippen LogP contribution is 2.33. The molecule has 1 aromatic rings. The Kier molecular flexibility index (Phi) is 2.36. The molecule has 0 atom stereocenters. The number of amides is 1. The van der Waals surface area contributed by atoms with E-state index in [0.29, 0.717) is 0 Å². The van der Waals surface area contributed by atoms with Gasteiger partial charge >= 0.3 is 0 Å². The summed E-state index contributed by atoms with van der Waals surface area (Å²) in [6, 6.07) is 10.1. The SMILES string of the molecule is O=C1C=CC2=CN=C(c3ccccc3)N3CCC(=C23)N1. The molecule has 0 aromatic heterocycles. The first-order chi connectivity index (χ1) is 9.83. The first kappa shape index (κ1) is 11.2. The van der Waals surface area contributed by atoms with E-state index in [1.807, 2.05) is 30.5 Å². The zero-order chi connectivity index (χ0) is 13.5. The number of nitrogens with zero attached hydrogens (tertiary/aromatic N) is 2. The van der Waals surface area contributed by atoms with Crippen LogP contribution in [0.5, 0.6) is 0 Å². The lowest BCUT2D eigenvalue weighted by Gasteiger charge is -2.27. The largest absolute Gasteiger partial charge is 0.324 e. The highest BCUT2D eigenvalue weighted by atomic mass is 16.1. The van der Waals surface area contributed by atoms with Crippen molar-refractivity contribution in [1.29, 1.82) is 0 Å². The fourth-order valence-corrected chi connectivity index (χ4v) is 2.84. The first-order valence-electron chi connectivity index (χ1n) is 6.66. The molecule has 4 heteroatoms. The molecule has 0 saturated heterocycles. The number of nitrogens with one attached hydrogen (secondary N) is 1. The zero-order valence-electron chi connectivity index (χ0n) is 10.8. The van der Waals surface area contributed by atoms with Crippen LogP contribution in [-0.2, 0) is 4.79 Å². The minimum absolute atomic E-state index is 0.0640. The number of aliphatic imine (C=N–C) groups is 1. The molecule has 0 bridgehead atoms. The Morgan fingerprint density at radius 3 is 2.85 bits per heavy atom. The van der Waals surface area contributed by atoms with Gasteiger partial charge in [0.25, 0.3) is 0 Å². The van der Waals surface area contributed by atoms with Gasteiger partial charge in [0.15, 0.2) is 0 Å². The van der Waals surface area contributed by atoms with E-state index in [1.54, 1.807) is 6.08 Å². The molecule has 0 aliphatic carbocycles. The maximum absolute atomic E-state index is 11.7. The third kappa shape index (κ3) is 1.61. The number of hydrogen-bond donors (Lipinski definition) is 1. The number of allylic oxidation sites excluding steroid dienone is 1. The third-order valence-corrected chi connectivity index (χ3v) is 3.72. The molecule has 0 saturated carbocycles. The summed E-state index contributed by atoms with van der Waals surface area (Å²) in [7, 11) is 0. The Balaban J connectivity index is 1.85. The standard InChI is InChI=1S/C16H13N3O/c20-14-7-6-12-10-17-16(11-4-2-1-3-5-11)19-9-8-13(18-14)15(12)19/h1-7,10H,8-9H2,(H,18,20). The van der Waals surface area contributed by atoms with Crippen molar-refractivity contribution >= 4 is 11.7 Å². The number of carbonyl (C=O) groups is 1. The van der Waals surface area contributed by atoms with Crippen LogP contribution in [0.4, 0.5) is 0 Å². The summed E-state index contributed by atoms with van der Waals surface area (Å²) >= 11 is 0. The first-order valence-corrected chi connectivity index (χ1v) is 6.66. The second-order valence-electron chi connectivity index (χ2n) is 4.95. The molecule has 3 aliphatic heterocycles. The maximum atomic E-state index is 11.7. The number of benzene rings is 1. The maximum Gasteiger partial charge on any atom is 0.248 e. The van der Waals surface area contributed by atoms with Gasteiger partial charge in [-0.2, -0.15) is 0 Å². The Bertz CT molecular complexity index is 710. The van der Waals surface area contributed by atoms with Crippen molar-refractivity contribution in [3.63, 3.8) is 0 Å². The van der Waals surface area contributed by atoms with E-state index in [9.17, 15) is 4.79 Å². The molecule has 0 radical (unpaired) electrons. The van der Waals surface area contributed by atoms with Crippen LogP contribution in [-0.4, -0.2) is 23.2 Å². The normalized spacial score (nSPS) is 20.2. The molecule has 4 rings (SSSR count). The summed E-state index contributed by atoms with van der Waals surface area (Å²) in [5, 5.41) is 2.96. The molecule has 0 unspecified atom stereocenters. The predicted molar refractivity (Wildman–Crippen MR) is 76.7 cm³/mol. The summed E-state index contributed by atoms with van der Waals surface area (Å²) < 4.78 is 0. The number of rotatable bonds is 1. The van der Waals surface area contributed by atoms with Crippen molar-refractivity contribution < 1.29 is 4.79 Å². The fraction of sp³-hybridized carbons (Fsp3) is 0.125. The van der Waals surface area contributed by atoms with E-state index in [2.05, 4.69) is 27.3 Å². The van der Waals surface area contributed by atoms with E-state index in [1.165, 1.54) is 0 Å². The van der Waals surface area contributed by atoms with Gasteiger partial charge in [-0.05, 0) is 6.08 Å². The molecule has 1 aromatic carbocycles. The summed E-state index contributed by atoms with van der Waals surface area (Å²) in [6.45, 7) is 0.851. The molecule has 0 fully saturated rings. The molecule has 1 N–H and O–H groups in total. The van der Waals surface area contributed by atoms with Crippen molar-refractivity contribution in [2.45, 2.75) is 6.42 Å². The summed E-state index contributed by atoms with van der Waals surface area (Å²) in [5.74, 6) is 0.884. The minimum Gasteiger partial charge on any atom is -0.324 e. The Morgan fingerprint density at radius 1 is 1.15 bits per heavy atom. The van der Waals surface area contributed by atoms with Crippen LogP contribution in [0.25, 0.3) is 0 Å². The van der Waals surface area contributed by atoms with Gasteiger partial charge in [0.05, 0.1) is 5.70 Å². The van der Waals surface area contributed by atoms with Crippen molar-refractivity contribution in [1.82, 2.24) is 10.2 Å². The molecule has 3 heterocycles. The van der Waals surface area contributed by atoms with Gasteiger partial charge in [-0.1, -0.05) is 30.3 Å². The molecule has 0 spiro atoms. The zero-order valence-corrected chi connectivity index (χ0v) is 10.8. The van der Waals surface area contributed by atoms with E-state index in [0.717, 1.165) is 41.3 Å². The van der Waals surface area contributed by atoms with E-state index in [-0.39, 0.29) is 5.91 Å². The van der Waals surface area contributed by atoms with Gasteiger partial charge in [0.2, 0.25) is 5.91 Å².